The summed E-state index contributed by atoms with van der Waals surface area (Å²) in [7, 11) is 4.45. The number of methoxy groups -OCH3 is 2. The smallest absolute Gasteiger partial charge is 0.371 e. The van der Waals surface area contributed by atoms with E-state index in [4.69, 9.17) is 9.47 Å². The van der Waals surface area contributed by atoms with Gasteiger partial charge in [0.25, 0.3) is 0 Å². The van der Waals surface area contributed by atoms with Gasteiger partial charge in [-0.3, -0.25) is 9.59 Å². The number of carbonyl (C=O) groups is 3. The van der Waals surface area contributed by atoms with Crippen molar-refractivity contribution in [1.82, 2.24) is 4.57 Å². The zero-order chi connectivity index (χ0) is 19.9. The molecule has 1 aliphatic rings. The summed E-state index contributed by atoms with van der Waals surface area (Å²) < 4.78 is 11.7. The van der Waals surface area contributed by atoms with Crippen LogP contribution in [0.2, 0.25) is 0 Å². The van der Waals surface area contributed by atoms with Crippen molar-refractivity contribution in [2.45, 2.75) is 18.7 Å². The maximum atomic E-state index is 13.1. The SMILES string of the molecule is COC(=O)Sc1ccccc1-c1c2c(n(C)c1C)C(=O)C(C)=C(OC)C2=O. The van der Waals surface area contributed by atoms with Crippen LogP contribution in [0, 0.1) is 6.92 Å². The summed E-state index contributed by atoms with van der Waals surface area (Å²) in [5, 5.41) is -0.458. The van der Waals surface area contributed by atoms with Crippen LogP contribution in [0.3, 0.4) is 0 Å². The maximum Gasteiger partial charge on any atom is 0.371 e. The highest BCUT2D eigenvalue weighted by Crippen LogP contribution is 2.41. The number of ketones is 2. The highest BCUT2D eigenvalue weighted by Gasteiger charge is 2.38. The molecule has 3 rings (SSSR count). The summed E-state index contributed by atoms with van der Waals surface area (Å²) in [4.78, 5) is 38.4. The molecule has 0 N–H and O–H groups in total. The first-order valence-corrected chi connectivity index (χ1v) is 9.03. The molecule has 0 unspecified atom stereocenters. The largest absolute Gasteiger partial charge is 0.492 e. The summed E-state index contributed by atoms with van der Waals surface area (Å²) in [6.07, 6.45) is 0. The van der Waals surface area contributed by atoms with Gasteiger partial charge in [0.1, 0.15) is 5.69 Å². The van der Waals surface area contributed by atoms with E-state index in [9.17, 15) is 14.4 Å². The Hall–Kier alpha value is -2.80. The number of aromatic nitrogens is 1. The Morgan fingerprint density at radius 1 is 1.04 bits per heavy atom. The minimum absolute atomic E-state index is 0.0532. The lowest BCUT2D eigenvalue weighted by Gasteiger charge is -2.17. The van der Waals surface area contributed by atoms with Crippen molar-refractivity contribution in [1.29, 1.82) is 0 Å². The molecule has 0 fully saturated rings. The van der Waals surface area contributed by atoms with Gasteiger partial charge >= 0.3 is 5.30 Å². The van der Waals surface area contributed by atoms with Crippen LogP contribution in [0.4, 0.5) is 4.79 Å². The number of rotatable bonds is 3. The van der Waals surface area contributed by atoms with Crippen LogP contribution in [0.1, 0.15) is 33.5 Å². The Morgan fingerprint density at radius 3 is 2.33 bits per heavy atom. The van der Waals surface area contributed by atoms with Crippen LogP contribution in [0.5, 0.6) is 0 Å². The van der Waals surface area contributed by atoms with Crippen LogP contribution in [-0.2, 0) is 16.5 Å². The first kappa shape index (κ1) is 19.0. The predicted octanol–water partition coefficient (Wildman–Crippen LogP) is 4.16. The maximum absolute atomic E-state index is 13.1. The van der Waals surface area contributed by atoms with Gasteiger partial charge in [0, 0.05) is 28.8 Å². The molecule has 1 heterocycles. The van der Waals surface area contributed by atoms with Gasteiger partial charge in [-0.25, -0.2) is 4.79 Å². The molecule has 0 atom stereocenters. The van der Waals surface area contributed by atoms with Gasteiger partial charge in [0.2, 0.25) is 11.6 Å². The fourth-order valence-electron chi connectivity index (χ4n) is 3.32. The van der Waals surface area contributed by atoms with Crippen molar-refractivity contribution in [3.8, 4) is 11.1 Å². The summed E-state index contributed by atoms with van der Waals surface area (Å²) in [6.45, 7) is 3.43. The molecule has 7 heteroatoms. The third-order valence-corrected chi connectivity index (χ3v) is 5.65. The minimum Gasteiger partial charge on any atom is -0.492 e. The quantitative estimate of drug-likeness (QED) is 0.583. The van der Waals surface area contributed by atoms with Crippen molar-refractivity contribution in [2.24, 2.45) is 7.05 Å². The summed E-state index contributed by atoms with van der Waals surface area (Å²) in [6, 6.07) is 7.23. The van der Waals surface area contributed by atoms with Crippen molar-refractivity contribution in [3.05, 3.63) is 52.5 Å². The Balaban J connectivity index is 2.30. The number of hydrogen-bond donors (Lipinski definition) is 0. The molecule has 140 valence electrons. The average Bonchev–Trinajstić information content (AvgIpc) is 2.92. The number of allylic oxidation sites excluding steroid dienone is 2. The van der Waals surface area contributed by atoms with Crippen molar-refractivity contribution in [3.63, 3.8) is 0 Å². The number of benzene rings is 1. The summed E-state index contributed by atoms with van der Waals surface area (Å²) >= 11 is 0.933. The summed E-state index contributed by atoms with van der Waals surface area (Å²) in [5.74, 6) is -0.518. The third-order valence-electron chi connectivity index (χ3n) is 4.74. The Labute approximate surface area is 161 Å². The van der Waals surface area contributed by atoms with Gasteiger partial charge in [-0.05, 0) is 37.2 Å². The number of Topliss-reactive ketones (excluding diaryl/α,β-unsaturated/α-hetero) is 2. The standard InChI is InChI=1S/C20H19NO5S/c1-10-17(22)16-15(18(23)19(10)25-4)14(11(2)21(16)3)12-8-6-7-9-13(12)27-20(24)26-5/h6-9H,1-5H3. The Kier molecular flexibility index (Phi) is 4.97. The minimum atomic E-state index is -0.458. The normalized spacial score (nSPS) is 13.7. The van der Waals surface area contributed by atoms with Gasteiger partial charge in [-0.2, -0.15) is 0 Å². The predicted molar refractivity (Wildman–Crippen MR) is 102 cm³/mol. The molecule has 0 aliphatic heterocycles. The topological polar surface area (TPSA) is 74.6 Å². The van der Waals surface area contributed by atoms with Crippen LogP contribution in [0.25, 0.3) is 11.1 Å². The van der Waals surface area contributed by atoms with Crippen molar-refractivity contribution >= 4 is 28.6 Å². The molecule has 2 aromatic rings. The molecule has 0 radical (unpaired) electrons. The van der Waals surface area contributed by atoms with Crippen LogP contribution in [0.15, 0.2) is 40.5 Å². The molecule has 0 spiro atoms. The summed E-state index contributed by atoms with van der Waals surface area (Å²) in [5.41, 5.74) is 3.01. The lowest BCUT2D eigenvalue weighted by molar-refractivity contribution is 0.0903. The number of nitrogens with zero attached hydrogens (tertiary/aromatic N) is 1. The molecule has 0 bridgehead atoms. The second-order valence-corrected chi connectivity index (χ2v) is 7.09. The first-order chi connectivity index (χ1) is 12.8. The third kappa shape index (κ3) is 2.88. The van der Waals surface area contributed by atoms with E-state index in [0.29, 0.717) is 32.9 Å². The number of hydrogen-bond acceptors (Lipinski definition) is 6. The highest BCUT2D eigenvalue weighted by molar-refractivity contribution is 8.13. The fraction of sp³-hybridized carbons (Fsp3) is 0.250. The molecule has 0 saturated heterocycles. The van der Waals surface area contributed by atoms with E-state index in [0.717, 1.165) is 17.5 Å². The monoisotopic (exact) mass is 385 g/mol. The van der Waals surface area contributed by atoms with Crippen molar-refractivity contribution < 1.29 is 23.9 Å². The Morgan fingerprint density at radius 2 is 1.70 bits per heavy atom. The molecule has 1 aliphatic carbocycles. The van der Waals surface area contributed by atoms with E-state index in [2.05, 4.69) is 0 Å². The molecular formula is C20H19NO5S. The lowest BCUT2D eigenvalue weighted by Crippen LogP contribution is -2.23. The van der Waals surface area contributed by atoms with Gasteiger partial charge in [-0.15, -0.1) is 0 Å². The van der Waals surface area contributed by atoms with Gasteiger partial charge in [0.05, 0.1) is 19.8 Å². The van der Waals surface area contributed by atoms with Crippen LogP contribution < -0.4 is 0 Å². The number of carbonyl (C=O) groups excluding carboxylic acids is 3. The second kappa shape index (κ2) is 7.08. The lowest BCUT2D eigenvalue weighted by atomic mass is 9.89. The molecule has 6 nitrogen and oxygen atoms in total. The van der Waals surface area contributed by atoms with E-state index >= 15 is 0 Å². The van der Waals surface area contributed by atoms with E-state index < -0.39 is 5.30 Å². The van der Waals surface area contributed by atoms with Crippen molar-refractivity contribution in [2.75, 3.05) is 14.2 Å². The number of fused-ring (bicyclic) bond motifs is 1. The van der Waals surface area contributed by atoms with E-state index in [1.807, 2.05) is 19.1 Å². The zero-order valence-corrected chi connectivity index (χ0v) is 16.5. The average molecular weight is 385 g/mol. The van der Waals surface area contributed by atoms with Gasteiger partial charge < -0.3 is 14.0 Å². The van der Waals surface area contributed by atoms with Crippen LogP contribution in [-0.4, -0.2) is 35.7 Å². The second-order valence-electron chi connectivity index (χ2n) is 6.11. The fourth-order valence-corrected chi connectivity index (χ4v) is 4.01. The number of thioether (sulfide) groups is 1. The van der Waals surface area contributed by atoms with Crippen LogP contribution >= 0.6 is 11.8 Å². The molecule has 27 heavy (non-hydrogen) atoms. The first-order valence-electron chi connectivity index (χ1n) is 8.22. The highest BCUT2D eigenvalue weighted by atomic mass is 32.2. The van der Waals surface area contributed by atoms with E-state index in [1.165, 1.54) is 14.2 Å². The zero-order valence-electron chi connectivity index (χ0n) is 15.7. The molecule has 0 amide bonds. The Bertz CT molecular complexity index is 1020. The van der Waals surface area contributed by atoms with E-state index in [-0.39, 0.29) is 17.3 Å². The molecular weight excluding hydrogens is 366 g/mol. The molecule has 1 aromatic carbocycles. The number of ether oxygens (including phenoxy) is 2. The molecule has 1 aromatic heterocycles. The van der Waals surface area contributed by atoms with Gasteiger partial charge in [-0.1, -0.05) is 18.2 Å². The van der Waals surface area contributed by atoms with E-state index in [1.54, 1.807) is 30.7 Å². The van der Waals surface area contributed by atoms with Gasteiger partial charge in [0.15, 0.2) is 5.76 Å². The molecule has 0 saturated carbocycles.